The van der Waals surface area contributed by atoms with E-state index in [0.29, 0.717) is 12.1 Å². The number of benzene rings is 2. The number of hydrogen-bond acceptors (Lipinski definition) is 4. The minimum atomic E-state index is -0.101. The lowest BCUT2D eigenvalue weighted by atomic mass is 10.1. The van der Waals surface area contributed by atoms with Crippen LogP contribution in [0.3, 0.4) is 0 Å². The quantitative estimate of drug-likeness (QED) is 0.754. The molecule has 1 fully saturated rings. The van der Waals surface area contributed by atoms with E-state index in [2.05, 4.69) is 27.7 Å². The van der Waals surface area contributed by atoms with Gasteiger partial charge in [0.15, 0.2) is 0 Å². The van der Waals surface area contributed by atoms with Crippen molar-refractivity contribution in [1.29, 1.82) is 0 Å². The van der Waals surface area contributed by atoms with Crippen molar-refractivity contribution in [2.75, 3.05) is 29.1 Å². The first-order valence-corrected chi connectivity index (χ1v) is 10.5. The van der Waals surface area contributed by atoms with Gasteiger partial charge >= 0.3 is 0 Å². The number of hydrogen-bond donors (Lipinski definition) is 2. The van der Waals surface area contributed by atoms with Gasteiger partial charge in [-0.2, -0.15) is 11.8 Å². The van der Waals surface area contributed by atoms with Crippen molar-refractivity contribution >= 4 is 35.0 Å². The Hall–Kier alpha value is -2.47. The third kappa shape index (κ3) is 3.95. The Morgan fingerprint density at radius 2 is 2.07 bits per heavy atom. The summed E-state index contributed by atoms with van der Waals surface area (Å²) in [6, 6.07) is 15.8. The molecule has 0 bridgehead atoms. The van der Waals surface area contributed by atoms with Gasteiger partial charge in [-0.05, 0) is 36.6 Å². The maximum atomic E-state index is 12.4. The molecule has 4 rings (SSSR count). The predicted molar refractivity (Wildman–Crippen MR) is 110 cm³/mol. The van der Waals surface area contributed by atoms with Crippen molar-refractivity contribution in [3.8, 4) is 0 Å². The van der Waals surface area contributed by atoms with Crippen LogP contribution in [0.4, 0.5) is 11.4 Å². The maximum Gasteiger partial charge on any atom is 0.251 e. The van der Waals surface area contributed by atoms with Crippen LogP contribution in [0.15, 0.2) is 48.5 Å². The van der Waals surface area contributed by atoms with Crippen molar-refractivity contribution in [1.82, 2.24) is 5.32 Å². The van der Waals surface area contributed by atoms with Crippen LogP contribution in [0.1, 0.15) is 28.8 Å². The summed E-state index contributed by atoms with van der Waals surface area (Å²) >= 11 is 1.80. The van der Waals surface area contributed by atoms with Crippen LogP contribution < -0.4 is 15.5 Å². The fourth-order valence-corrected chi connectivity index (χ4v) is 4.49. The molecule has 0 aromatic heterocycles. The maximum absolute atomic E-state index is 12.4. The Bertz CT molecular complexity index is 841. The first-order chi connectivity index (χ1) is 13.2. The van der Waals surface area contributed by atoms with Gasteiger partial charge in [0.1, 0.15) is 6.04 Å². The molecule has 140 valence electrons. The summed E-state index contributed by atoms with van der Waals surface area (Å²) in [5, 5.41) is 5.92. The molecule has 0 aliphatic carbocycles. The molecule has 2 N–H and O–H groups in total. The number of nitrogens with one attached hydrogen (secondary N) is 2. The molecule has 2 aliphatic heterocycles. The highest BCUT2D eigenvalue weighted by molar-refractivity contribution is 7.98. The topological polar surface area (TPSA) is 61.4 Å². The molecule has 2 amide bonds. The molecule has 0 radical (unpaired) electrons. The van der Waals surface area contributed by atoms with E-state index in [0.717, 1.165) is 42.3 Å². The van der Waals surface area contributed by atoms with Crippen LogP contribution in [0, 0.1) is 0 Å². The molecule has 2 aliphatic rings. The van der Waals surface area contributed by atoms with Crippen LogP contribution in [-0.4, -0.2) is 36.7 Å². The number of anilines is 2. The number of rotatable bonds is 6. The fourth-order valence-electron chi connectivity index (χ4n) is 3.67. The molecule has 5 nitrogen and oxygen atoms in total. The summed E-state index contributed by atoms with van der Waals surface area (Å²) in [7, 11) is 0. The smallest absolute Gasteiger partial charge is 0.251 e. The summed E-state index contributed by atoms with van der Waals surface area (Å²) in [4.78, 5) is 26.8. The van der Waals surface area contributed by atoms with Crippen LogP contribution in [0.5, 0.6) is 0 Å². The number of thioether (sulfide) groups is 1. The van der Waals surface area contributed by atoms with Gasteiger partial charge in [0.25, 0.3) is 5.91 Å². The van der Waals surface area contributed by atoms with Gasteiger partial charge in [0.05, 0.1) is 11.4 Å². The molecule has 2 aromatic rings. The first kappa shape index (κ1) is 17.9. The Kier molecular flexibility index (Phi) is 5.34. The molecule has 2 aromatic carbocycles. The van der Waals surface area contributed by atoms with E-state index in [1.54, 1.807) is 17.8 Å². The largest absolute Gasteiger partial charge is 0.358 e. The van der Waals surface area contributed by atoms with Crippen molar-refractivity contribution in [2.24, 2.45) is 0 Å². The van der Waals surface area contributed by atoms with Crippen LogP contribution >= 0.6 is 11.8 Å². The standard InChI is InChI=1S/C21H23N3O2S/c25-20(22-10-12-27-14-15-5-2-1-3-6-15)16-8-9-18-17(13-16)23-21(26)19-7-4-11-24(18)19/h1-3,5-6,8-9,13,19H,4,7,10-12,14H2,(H,22,25)(H,23,26)/t19-/m1/s1. The second-order valence-corrected chi connectivity index (χ2v) is 7.97. The second kappa shape index (κ2) is 8.05. The Morgan fingerprint density at radius 1 is 1.22 bits per heavy atom. The Labute approximate surface area is 163 Å². The fraction of sp³-hybridized carbons (Fsp3) is 0.333. The minimum Gasteiger partial charge on any atom is -0.358 e. The van der Waals surface area contributed by atoms with E-state index in [4.69, 9.17) is 0 Å². The molecule has 0 saturated carbocycles. The SMILES string of the molecule is O=C(NCCSCc1ccccc1)c1ccc2c(c1)NC(=O)[C@H]1CCCN21. The summed E-state index contributed by atoms with van der Waals surface area (Å²) < 4.78 is 0. The summed E-state index contributed by atoms with van der Waals surface area (Å²) in [5.41, 5.74) is 3.63. The van der Waals surface area contributed by atoms with Crippen molar-refractivity contribution in [3.63, 3.8) is 0 Å². The molecule has 1 atom stereocenters. The van der Waals surface area contributed by atoms with Crippen molar-refractivity contribution in [2.45, 2.75) is 24.6 Å². The van der Waals surface area contributed by atoms with E-state index in [-0.39, 0.29) is 17.9 Å². The third-order valence-corrected chi connectivity index (χ3v) is 6.06. The van der Waals surface area contributed by atoms with Crippen LogP contribution in [0.25, 0.3) is 0 Å². The Morgan fingerprint density at radius 3 is 2.93 bits per heavy atom. The molecule has 6 heteroatoms. The van der Waals surface area contributed by atoms with E-state index in [1.165, 1.54) is 5.56 Å². The van der Waals surface area contributed by atoms with E-state index >= 15 is 0 Å². The molecule has 0 unspecified atom stereocenters. The summed E-state index contributed by atoms with van der Waals surface area (Å²) in [6.45, 7) is 1.52. The van der Waals surface area contributed by atoms with Gasteiger partial charge < -0.3 is 15.5 Å². The lowest BCUT2D eigenvalue weighted by Crippen LogP contribution is -2.44. The average molecular weight is 382 g/mol. The monoisotopic (exact) mass is 381 g/mol. The van der Waals surface area contributed by atoms with Gasteiger partial charge in [-0.15, -0.1) is 0 Å². The van der Waals surface area contributed by atoms with Gasteiger partial charge in [-0.25, -0.2) is 0 Å². The highest BCUT2D eigenvalue weighted by Gasteiger charge is 2.36. The Balaban J connectivity index is 1.30. The number of nitrogens with zero attached hydrogens (tertiary/aromatic N) is 1. The van der Waals surface area contributed by atoms with Crippen molar-refractivity contribution < 1.29 is 9.59 Å². The number of amides is 2. The molecule has 27 heavy (non-hydrogen) atoms. The van der Waals surface area contributed by atoms with E-state index in [9.17, 15) is 9.59 Å². The zero-order valence-corrected chi connectivity index (χ0v) is 15.9. The van der Waals surface area contributed by atoms with Crippen LogP contribution in [-0.2, 0) is 10.5 Å². The van der Waals surface area contributed by atoms with Crippen molar-refractivity contribution in [3.05, 3.63) is 59.7 Å². The summed E-state index contributed by atoms with van der Waals surface area (Å²) in [6.07, 6.45) is 1.93. The van der Waals surface area contributed by atoms with E-state index in [1.807, 2.05) is 30.3 Å². The number of carbonyl (C=O) groups is 2. The zero-order valence-electron chi connectivity index (χ0n) is 15.1. The highest BCUT2D eigenvalue weighted by atomic mass is 32.2. The number of carbonyl (C=O) groups excluding carboxylic acids is 2. The van der Waals surface area contributed by atoms with Crippen LogP contribution in [0.2, 0.25) is 0 Å². The van der Waals surface area contributed by atoms with Gasteiger partial charge in [0.2, 0.25) is 5.91 Å². The minimum absolute atomic E-state index is 0.0369. The highest BCUT2D eigenvalue weighted by Crippen LogP contribution is 2.37. The zero-order chi connectivity index (χ0) is 18.6. The molecular formula is C21H23N3O2S. The van der Waals surface area contributed by atoms with Gasteiger partial charge in [0, 0.05) is 30.2 Å². The normalized spacial score (nSPS) is 17.9. The lowest BCUT2D eigenvalue weighted by Gasteiger charge is -2.33. The average Bonchev–Trinajstić information content (AvgIpc) is 3.19. The third-order valence-electron chi connectivity index (χ3n) is 5.03. The predicted octanol–water partition coefficient (Wildman–Crippen LogP) is 3.27. The van der Waals surface area contributed by atoms with Gasteiger partial charge in [-0.1, -0.05) is 30.3 Å². The lowest BCUT2D eigenvalue weighted by molar-refractivity contribution is -0.117. The molecule has 2 heterocycles. The first-order valence-electron chi connectivity index (χ1n) is 9.34. The molecule has 0 spiro atoms. The number of fused-ring (bicyclic) bond motifs is 3. The molecular weight excluding hydrogens is 358 g/mol. The van der Waals surface area contributed by atoms with E-state index < -0.39 is 0 Å². The molecule has 1 saturated heterocycles. The summed E-state index contributed by atoms with van der Waals surface area (Å²) in [5.74, 6) is 1.74. The van der Waals surface area contributed by atoms with Gasteiger partial charge in [-0.3, -0.25) is 9.59 Å². The second-order valence-electron chi connectivity index (χ2n) is 6.87.